The van der Waals surface area contributed by atoms with Crippen molar-refractivity contribution in [1.29, 1.82) is 0 Å². The highest BCUT2D eigenvalue weighted by Crippen LogP contribution is 2.28. The van der Waals surface area contributed by atoms with Crippen molar-refractivity contribution in [3.05, 3.63) is 54.7 Å². The molecule has 0 atom stereocenters. The topological polar surface area (TPSA) is 110 Å². The van der Waals surface area contributed by atoms with Crippen molar-refractivity contribution in [3.8, 4) is 17.0 Å². The first kappa shape index (κ1) is 18.9. The van der Waals surface area contributed by atoms with E-state index in [1.54, 1.807) is 29.3 Å². The lowest BCUT2D eigenvalue weighted by molar-refractivity contribution is -0.118. The quantitative estimate of drug-likeness (QED) is 0.430. The summed E-state index contributed by atoms with van der Waals surface area (Å²) < 4.78 is 0. The van der Waals surface area contributed by atoms with E-state index in [4.69, 9.17) is 9.97 Å². The molecule has 0 radical (unpaired) electrons. The monoisotopic (exact) mass is 415 g/mol. The number of aromatic nitrogens is 4. The van der Waals surface area contributed by atoms with Crippen LogP contribution >= 0.6 is 0 Å². The molecule has 2 aromatic heterocycles. The SMILES string of the molecule is O=CN1CCN(c2nc(Nc3ccc4[nH]ncc4c3)cc(-c3cccc(O)c3)n2)CC1. The van der Waals surface area contributed by atoms with Crippen LogP contribution in [0.2, 0.25) is 0 Å². The molecule has 5 rings (SSSR count). The van der Waals surface area contributed by atoms with Gasteiger partial charge >= 0.3 is 0 Å². The van der Waals surface area contributed by atoms with E-state index in [1.165, 1.54) is 0 Å². The molecule has 0 aliphatic carbocycles. The Bertz CT molecular complexity index is 1230. The molecule has 1 aliphatic rings. The predicted octanol–water partition coefficient (Wildman–Crippen LogP) is 2.75. The third-order valence-corrected chi connectivity index (χ3v) is 5.32. The van der Waals surface area contributed by atoms with E-state index >= 15 is 0 Å². The molecule has 0 spiro atoms. The molecule has 0 saturated carbocycles. The number of fused-ring (bicyclic) bond motifs is 1. The Labute approximate surface area is 178 Å². The second-order valence-corrected chi connectivity index (χ2v) is 7.41. The van der Waals surface area contributed by atoms with E-state index in [9.17, 15) is 9.90 Å². The zero-order valence-corrected chi connectivity index (χ0v) is 16.7. The first-order chi connectivity index (χ1) is 15.2. The number of aromatic amines is 1. The van der Waals surface area contributed by atoms with Crippen molar-refractivity contribution in [1.82, 2.24) is 25.1 Å². The summed E-state index contributed by atoms with van der Waals surface area (Å²) in [4.78, 5) is 24.3. The van der Waals surface area contributed by atoms with Crippen molar-refractivity contribution in [2.24, 2.45) is 0 Å². The average Bonchev–Trinajstić information content (AvgIpc) is 3.27. The van der Waals surface area contributed by atoms with Crippen LogP contribution in [0.25, 0.3) is 22.2 Å². The van der Waals surface area contributed by atoms with Gasteiger partial charge in [-0.15, -0.1) is 0 Å². The molecular formula is C22H21N7O2. The Morgan fingerprint density at radius 1 is 1.03 bits per heavy atom. The van der Waals surface area contributed by atoms with Crippen molar-refractivity contribution < 1.29 is 9.90 Å². The summed E-state index contributed by atoms with van der Waals surface area (Å²) in [7, 11) is 0. The van der Waals surface area contributed by atoms with Gasteiger partial charge in [0.15, 0.2) is 0 Å². The summed E-state index contributed by atoms with van der Waals surface area (Å²) in [5.41, 5.74) is 3.34. The van der Waals surface area contributed by atoms with E-state index in [-0.39, 0.29) is 5.75 Å². The average molecular weight is 415 g/mol. The third-order valence-electron chi connectivity index (χ3n) is 5.32. The number of carbonyl (C=O) groups is 1. The zero-order valence-electron chi connectivity index (χ0n) is 16.7. The van der Waals surface area contributed by atoms with Gasteiger partial charge in [-0.3, -0.25) is 9.89 Å². The van der Waals surface area contributed by atoms with E-state index in [0.29, 0.717) is 43.6 Å². The number of hydrogen-bond donors (Lipinski definition) is 3. The number of rotatable bonds is 5. The minimum Gasteiger partial charge on any atom is -0.508 e. The Balaban J connectivity index is 1.51. The van der Waals surface area contributed by atoms with Gasteiger partial charge < -0.3 is 20.2 Å². The van der Waals surface area contributed by atoms with E-state index < -0.39 is 0 Å². The number of amides is 1. The number of phenols is 1. The predicted molar refractivity (Wildman–Crippen MR) is 118 cm³/mol. The van der Waals surface area contributed by atoms with Crippen LogP contribution in [-0.4, -0.2) is 62.8 Å². The maximum atomic E-state index is 11.0. The summed E-state index contributed by atoms with van der Waals surface area (Å²) in [5.74, 6) is 1.40. The van der Waals surface area contributed by atoms with Crippen LogP contribution < -0.4 is 10.2 Å². The Hall–Kier alpha value is -4.14. The first-order valence-corrected chi connectivity index (χ1v) is 10.0. The lowest BCUT2D eigenvalue weighted by Gasteiger charge is -2.32. The molecule has 9 nitrogen and oxygen atoms in total. The minimum atomic E-state index is 0.178. The lowest BCUT2D eigenvalue weighted by atomic mass is 10.1. The molecule has 9 heteroatoms. The highest BCUT2D eigenvalue weighted by molar-refractivity contribution is 5.83. The smallest absolute Gasteiger partial charge is 0.228 e. The maximum Gasteiger partial charge on any atom is 0.228 e. The summed E-state index contributed by atoms with van der Waals surface area (Å²) in [6, 6.07) is 14.8. The fourth-order valence-corrected chi connectivity index (χ4v) is 3.65. The second-order valence-electron chi connectivity index (χ2n) is 7.41. The van der Waals surface area contributed by atoms with Crippen LogP contribution in [0.1, 0.15) is 0 Å². The molecule has 1 fully saturated rings. The van der Waals surface area contributed by atoms with Gasteiger partial charge in [0.05, 0.1) is 17.4 Å². The molecule has 156 valence electrons. The number of carbonyl (C=O) groups excluding carboxylic acids is 1. The number of piperazine rings is 1. The van der Waals surface area contributed by atoms with Crippen molar-refractivity contribution in [2.75, 3.05) is 36.4 Å². The number of H-pyrrole nitrogens is 1. The molecule has 3 heterocycles. The summed E-state index contributed by atoms with van der Waals surface area (Å²) in [5, 5.41) is 21.3. The third kappa shape index (κ3) is 3.97. The minimum absolute atomic E-state index is 0.178. The van der Waals surface area contributed by atoms with Crippen LogP contribution in [0.5, 0.6) is 5.75 Å². The molecule has 31 heavy (non-hydrogen) atoms. The van der Waals surface area contributed by atoms with Gasteiger partial charge in [-0.25, -0.2) is 4.98 Å². The highest BCUT2D eigenvalue weighted by Gasteiger charge is 2.19. The van der Waals surface area contributed by atoms with Gasteiger partial charge in [0, 0.05) is 48.9 Å². The van der Waals surface area contributed by atoms with Gasteiger partial charge in [0.1, 0.15) is 11.6 Å². The summed E-state index contributed by atoms with van der Waals surface area (Å²) >= 11 is 0. The van der Waals surface area contributed by atoms with Crippen molar-refractivity contribution >= 4 is 34.8 Å². The maximum absolute atomic E-state index is 11.0. The Morgan fingerprint density at radius 3 is 2.71 bits per heavy atom. The van der Waals surface area contributed by atoms with Crippen LogP contribution in [0.3, 0.4) is 0 Å². The summed E-state index contributed by atoms with van der Waals surface area (Å²) in [6.45, 7) is 2.57. The van der Waals surface area contributed by atoms with Crippen molar-refractivity contribution in [2.45, 2.75) is 0 Å². The molecule has 0 unspecified atom stereocenters. The first-order valence-electron chi connectivity index (χ1n) is 10.0. The molecular weight excluding hydrogens is 394 g/mol. The van der Waals surface area contributed by atoms with Gasteiger partial charge in [0.2, 0.25) is 12.4 Å². The van der Waals surface area contributed by atoms with Gasteiger partial charge in [-0.05, 0) is 30.3 Å². The van der Waals surface area contributed by atoms with Crippen LogP contribution in [0, 0.1) is 0 Å². The number of anilines is 3. The van der Waals surface area contributed by atoms with Gasteiger partial charge in [-0.1, -0.05) is 12.1 Å². The van der Waals surface area contributed by atoms with Crippen LogP contribution in [0.15, 0.2) is 54.7 Å². The Kier molecular flexibility index (Phi) is 4.83. The molecule has 1 aliphatic heterocycles. The van der Waals surface area contributed by atoms with Crippen LogP contribution in [-0.2, 0) is 4.79 Å². The standard InChI is InChI=1S/C22H21N7O2/c30-14-28-6-8-29(9-7-28)22-25-20(15-2-1-3-18(31)11-15)12-21(26-22)24-17-4-5-19-16(10-17)13-23-27-19/h1-5,10-14,31H,6-9H2,(H,23,27)(H,24,25,26). The van der Waals surface area contributed by atoms with Crippen molar-refractivity contribution in [3.63, 3.8) is 0 Å². The van der Waals surface area contributed by atoms with Gasteiger partial charge in [-0.2, -0.15) is 10.1 Å². The zero-order chi connectivity index (χ0) is 21.2. The number of benzene rings is 2. The molecule has 2 aromatic carbocycles. The van der Waals surface area contributed by atoms with E-state index in [1.807, 2.05) is 30.3 Å². The van der Waals surface area contributed by atoms with Gasteiger partial charge in [0.25, 0.3) is 0 Å². The fourth-order valence-electron chi connectivity index (χ4n) is 3.65. The molecule has 1 amide bonds. The number of aromatic hydroxyl groups is 1. The molecule has 4 aromatic rings. The van der Waals surface area contributed by atoms with Crippen LogP contribution in [0.4, 0.5) is 17.5 Å². The highest BCUT2D eigenvalue weighted by atomic mass is 16.3. The Morgan fingerprint density at radius 2 is 1.90 bits per heavy atom. The molecule has 3 N–H and O–H groups in total. The lowest BCUT2D eigenvalue weighted by Crippen LogP contribution is -2.46. The normalized spacial score (nSPS) is 14.1. The molecule has 1 saturated heterocycles. The van der Waals surface area contributed by atoms with E-state index in [2.05, 4.69) is 20.4 Å². The fraction of sp³-hybridized carbons (Fsp3) is 0.182. The van der Waals surface area contributed by atoms with E-state index in [0.717, 1.165) is 28.6 Å². The molecule has 0 bridgehead atoms. The number of phenolic OH excluding ortho intramolecular Hbond substituents is 1. The summed E-state index contributed by atoms with van der Waals surface area (Å²) in [6.07, 6.45) is 2.65. The second kappa shape index (κ2) is 7.94. The number of nitrogens with zero attached hydrogens (tertiary/aromatic N) is 5. The number of nitrogens with one attached hydrogen (secondary N) is 2. The number of hydrogen-bond acceptors (Lipinski definition) is 7. The largest absolute Gasteiger partial charge is 0.508 e.